The third kappa shape index (κ3) is 2.80. The molecule has 0 aromatic heterocycles. The molecule has 8 heteroatoms. The Morgan fingerprint density at radius 1 is 1.45 bits per heavy atom. The third-order valence-electron chi connectivity index (χ3n) is 4.02. The molecule has 0 bridgehead atoms. The zero-order valence-corrected chi connectivity index (χ0v) is 14.2. The quantitative estimate of drug-likeness (QED) is 0.902. The Balaban J connectivity index is 2.41. The van der Waals surface area contributed by atoms with Gasteiger partial charge in [-0.3, -0.25) is 4.79 Å². The van der Waals surface area contributed by atoms with Gasteiger partial charge >= 0.3 is 5.97 Å². The molecule has 1 aliphatic heterocycles. The van der Waals surface area contributed by atoms with Crippen LogP contribution in [0.1, 0.15) is 18.9 Å². The standard InChI is InChI=1S/C14H18ClNO5S/c1-9-6-11(21-3)10(15)7-12(9)22(19,20)16-5-4-14(2,8-16)13(17)18/h6-7H,4-5,8H2,1-3H3,(H,17,18). The molecule has 22 heavy (non-hydrogen) atoms. The fourth-order valence-corrected chi connectivity index (χ4v) is 4.61. The molecule has 0 aliphatic carbocycles. The van der Waals surface area contributed by atoms with Gasteiger partial charge in [-0.05, 0) is 38.0 Å². The lowest BCUT2D eigenvalue weighted by molar-refractivity contribution is -0.146. The molecule has 1 aromatic carbocycles. The number of halogens is 1. The number of methoxy groups -OCH3 is 1. The van der Waals surface area contributed by atoms with Crippen LogP contribution in [0.25, 0.3) is 0 Å². The second kappa shape index (κ2) is 5.72. The SMILES string of the molecule is COc1cc(C)c(S(=O)(=O)N2CCC(C)(C(=O)O)C2)cc1Cl. The average molecular weight is 348 g/mol. The van der Waals surface area contributed by atoms with Gasteiger partial charge in [0.15, 0.2) is 0 Å². The molecule has 122 valence electrons. The van der Waals surface area contributed by atoms with Crippen molar-refractivity contribution >= 4 is 27.6 Å². The predicted octanol–water partition coefficient (Wildman–Crippen LogP) is 2.14. The highest BCUT2D eigenvalue weighted by molar-refractivity contribution is 7.89. The van der Waals surface area contributed by atoms with E-state index in [1.54, 1.807) is 19.9 Å². The molecule has 1 aliphatic rings. The first-order chi connectivity index (χ1) is 10.1. The number of carboxylic acid groups (broad SMARTS) is 1. The summed E-state index contributed by atoms with van der Waals surface area (Å²) in [7, 11) is -2.34. The minimum atomic E-state index is -3.79. The molecule has 1 fully saturated rings. The van der Waals surface area contributed by atoms with E-state index in [2.05, 4.69) is 0 Å². The average Bonchev–Trinajstić information content (AvgIpc) is 2.85. The molecular formula is C14H18ClNO5S. The van der Waals surface area contributed by atoms with E-state index in [-0.39, 0.29) is 29.4 Å². The van der Waals surface area contributed by atoms with E-state index in [9.17, 15) is 18.3 Å². The fourth-order valence-electron chi connectivity index (χ4n) is 2.51. The minimum absolute atomic E-state index is 0.0479. The van der Waals surface area contributed by atoms with E-state index in [4.69, 9.17) is 16.3 Å². The number of sulfonamides is 1. The van der Waals surface area contributed by atoms with Gasteiger partial charge < -0.3 is 9.84 Å². The predicted molar refractivity (Wildman–Crippen MR) is 81.9 cm³/mol. The summed E-state index contributed by atoms with van der Waals surface area (Å²) in [5.74, 6) is -0.593. The summed E-state index contributed by atoms with van der Waals surface area (Å²) in [6.07, 6.45) is 0.282. The maximum atomic E-state index is 12.8. The van der Waals surface area contributed by atoms with Crippen molar-refractivity contribution in [1.29, 1.82) is 0 Å². The van der Waals surface area contributed by atoms with E-state index in [0.29, 0.717) is 11.3 Å². The smallest absolute Gasteiger partial charge is 0.310 e. The fraction of sp³-hybridized carbons (Fsp3) is 0.500. The van der Waals surface area contributed by atoms with Crippen molar-refractivity contribution in [3.8, 4) is 5.75 Å². The highest BCUT2D eigenvalue weighted by Gasteiger charge is 2.45. The van der Waals surface area contributed by atoms with Gasteiger partial charge in [0.2, 0.25) is 10.0 Å². The van der Waals surface area contributed by atoms with E-state index in [1.807, 2.05) is 0 Å². The topological polar surface area (TPSA) is 83.9 Å². The van der Waals surface area contributed by atoms with Crippen molar-refractivity contribution in [2.24, 2.45) is 5.41 Å². The molecule has 1 atom stereocenters. The van der Waals surface area contributed by atoms with Gasteiger partial charge in [0.1, 0.15) is 5.75 Å². The van der Waals surface area contributed by atoms with Crippen LogP contribution in [0, 0.1) is 12.3 Å². The Morgan fingerprint density at radius 2 is 2.09 bits per heavy atom. The first-order valence-corrected chi connectivity index (χ1v) is 8.51. The van der Waals surface area contributed by atoms with Gasteiger partial charge in [0.05, 0.1) is 22.4 Å². The summed E-state index contributed by atoms with van der Waals surface area (Å²) >= 11 is 6.02. The maximum absolute atomic E-state index is 12.8. The summed E-state index contributed by atoms with van der Waals surface area (Å²) < 4.78 is 31.8. The highest BCUT2D eigenvalue weighted by Crippen LogP contribution is 2.36. The van der Waals surface area contributed by atoms with Crippen LogP contribution in [0.4, 0.5) is 0 Å². The second-order valence-electron chi connectivity index (χ2n) is 5.71. The van der Waals surface area contributed by atoms with Crippen molar-refractivity contribution in [3.05, 3.63) is 22.7 Å². The van der Waals surface area contributed by atoms with E-state index >= 15 is 0 Å². The second-order valence-corrected chi connectivity index (χ2v) is 8.02. The first-order valence-electron chi connectivity index (χ1n) is 6.69. The van der Waals surface area contributed by atoms with Crippen molar-refractivity contribution in [2.45, 2.75) is 25.2 Å². The van der Waals surface area contributed by atoms with Gasteiger partial charge in [-0.25, -0.2) is 8.42 Å². The Hall–Kier alpha value is -1.31. The van der Waals surface area contributed by atoms with Crippen molar-refractivity contribution in [2.75, 3.05) is 20.2 Å². The molecule has 0 saturated carbocycles. The number of hydrogen-bond acceptors (Lipinski definition) is 4. The molecule has 2 rings (SSSR count). The van der Waals surface area contributed by atoms with Crippen LogP contribution in [0.5, 0.6) is 5.75 Å². The van der Waals surface area contributed by atoms with Crippen LogP contribution in [0.3, 0.4) is 0 Å². The first kappa shape index (κ1) is 17.1. The molecule has 1 saturated heterocycles. The van der Waals surface area contributed by atoms with E-state index < -0.39 is 21.4 Å². The summed E-state index contributed by atoms with van der Waals surface area (Å²) in [6.45, 7) is 3.33. The van der Waals surface area contributed by atoms with Crippen molar-refractivity contribution < 1.29 is 23.1 Å². The van der Waals surface area contributed by atoms with Crippen LogP contribution in [0.2, 0.25) is 5.02 Å². The lowest BCUT2D eigenvalue weighted by Gasteiger charge is -2.21. The Kier molecular flexibility index (Phi) is 4.43. The van der Waals surface area contributed by atoms with Crippen LogP contribution in [0.15, 0.2) is 17.0 Å². The monoisotopic (exact) mass is 347 g/mol. The van der Waals surface area contributed by atoms with Crippen molar-refractivity contribution in [1.82, 2.24) is 4.31 Å². The molecule has 1 aromatic rings. The summed E-state index contributed by atoms with van der Waals surface area (Å²) in [6, 6.07) is 2.91. The van der Waals surface area contributed by atoms with Gasteiger partial charge in [0.25, 0.3) is 0 Å². The summed E-state index contributed by atoms with van der Waals surface area (Å²) in [5.41, 5.74) is -0.553. The zero-order valence-electron chi connectivity index (χ0n) is 12.6. The number of carboxylic acids is 1. The third-order valence-corrected chi connectivity index (χ3v) is 6.30. The lowest BCUT2D eigenvalue weighted by atomic mass is 9.90. The van der Waals surface area contributed by atoms with Crippen LogP contribution >= 0.6 is 11.6 Å². The Bertz CT molecular complexity index is 718. The largest absolute Gasteiger partial charge is 0.495 e. The molecule has 0 amide bonds. The number of benzene rings is 1. The number of hydrogen-bond donors (Lipinski definition) is 1. The molecule has 0 radical (unpaired) electrons. The number of nitrogens with zero attached hydrogens (tertiary/aromatic N) is 1. The summed E-state index contributed by atoms with van der Waals surface area (Å²) in [4.78, 5) is 11.4. The molecule has 1 heterocycles. The number of carbonyl (C=O) groups is 1. The van der Waals surface area contributed by atoms with Crippen LogP contribution < -0.4 is 4.74 Å². The minimum Gasteiger partial charge on any atom is -0.495 e. The summed E-state index contributed by atoms with van der Waals surface area (Å²) in [5, 5.41) is 9.44. The Morgan fingerprint density at radius 3 is 2.59 bits per heavy atom. The zero-order chi connectivity index (χ0) is 16.7. The highest BCUT2D eigenvalue weighted by atomic mass is 35.5. The Labute approximate surface area is 134 Å². The van der Waals surface area contributed by atoms with Crippen LogP contribution in [-0.2, 0) is 14.8 Å². The van der Waals surface area contributed by atoms with Gasteiger partial charge in [0, 0.05) is 13.1 Å². The van der Waals surface area contributed by atoms with Crippen molar-refractivity contribution in [3.63, 3.8) is 0 Å². The lowest BCUT2D eigenvalue weighted by Crippen LogP contribution is -2.35. The normalized spacial score (nSPS) is 22.7. The molecule has 1 N–H and O–H groups in total. The van der Waals surface area contributed by atoms with E-state index in [1.165, 1.54) is 17.5 Å². The van der Waals surface area contributed by atoms with Gasteiger partial charge in [-0.1, -0.05) is 11.6 Å². The maximum Gasteiger partial charge on any atom is 0.310 e. The molecule has 1 unspecified atom stereocenters. The number of rotatable bonds is 4. The van der Waals surface area contributed by atoms with Crippen LogP contribution in [-0.4, -0.2) is 44.0 Å². The molecule has 0 spiro atoms. The van der Waals surface area contributed by atoms with Gasteiger partial charge in [-0.15, -0.1) is 0 Å². The van der Waals surface area contributed by atoms with Gasteiger partial charge in [-0.2, -0.15) is 4.31 Å². The number of aryl methyl sites for hydroxylation is 1. The van der Waals surface area contributed by atoms with E-state index in [0.717, 1.165) is 0 Å². The molecular weight excluding hydrogens is 330 g/mol. The number of ether oxygens (including phenoxy) is 1. The molecule has 6 nitrogen and oxygen atoms in total. The number of aliphatic carboxylic acids is 1.